The molecule has 0 spiro atoms. The molecule has 0 saturated carbocycles. The lowest BCUT2D eigenvalue weighted by Gasteiger charge is -2.33. The van der Waals surface area contributed by atoms with Crippen molar-refractivity contribution in [2.45, 2.75) is 64.3 Å². The molecule has 31 heavy (non-hydrogen) atoms. The highest BCUT2D eigenvalue weighted by Crippen LogP contribution is 2.46. The smallest absolute Gasteiger partial charge is 0.435 e. The van der Waals surface area contributed by atoms with E-state index >= 15 is 0 Å². The molecule has 8 heteroatoms. The van der Waals surface area contributed by atoms with Crippen LogP contribution in [0.25, 0.3) is 0 Å². The van der Waals surface area contributed by atoms with Crippen molar-refractivity contribution in [3.63, 3.8) is 0 Å². The fourth-order valence-electron chi connectivity index (χ4n) is 4.70. The van der Waals surface area contributed by atoms with Gasteiger partial charge in [-0.05, 0) is 51.1 Å². The summed E-state index contributed by atoms with van der Waals surface area (Å²) in [5.74, 6) is -1.14. The molecule has 0 radical (unpaired) electrons. The van der Waals surface area contributed by atoms with Crippen molar-refractivity contribution in [1.29, 1.82) is 0 Å². The fraction of sp³-hybridized carbons (Fsp3) is 0.652. The molecular weight excluding hydrogens is 415 g/mol. The summed E-state index contributed by atoms with van der Waals surface area (Å²) in [4.78, 5) is 36.2. The molecule has 0 aromatic heterocycles. The zero-order chi connectivity index (χ0) is 22.9. The first kappa shape index (κ1) is 25.7. The van der Waals surface area contributed by atoms with Gasteiger partial charge in [-0.25, -0.2) is 4.79 Å². The number of carboxylic acid groups (broad SMARTS) is 1. The number of nitrogens with two attached hydrogens (primary N) is 1. The van der Waals surface area contributed by atoms with Crippen LogP contribution in [0.3, 0.4) is 0 Å². The zero-order valence-electron chi connectivity index (χ0n) is 18.6. The van der Waals surface area contributed by atoms with Crippen molar-refractivity contribution in [3.05, 3.63) is 35.9 Å². The van der Waals surface area contributed by atoms with E-state index in [-0.39, 0.29) is 24.9 Å². The van der Waals surface area contributed by atoms with Gasteiger partial charge in [0.2, 0.25) is 7.37 Å². The van der Waals surface area contributed by atoms with Crippen molar-refractivity contribution in [3.8, 4) is 0 Å². The van der Waals surface area contributed by atoms with Crippen LogP contribution in [0.15, 0.2) is 30.3 Å². The third-order valence-corrected chi connectivity index (χ3v) is 8.57. The Bertz CT molecular complexity index is 772. The standard InChI is InChI=1S/C23H37N2O5P/c1-19-10-9-16-25(19,23(27)28)22(26)21(14-5-7-15-24)18-31(29,30)17-8-6-13-20-11-3-2-4-12-20/h2-4,11-12,19,21H,5-10,13-18,24H2,1H3,(H-,27,28,29,30)/p+1/t19-,21?,25?/m1/s1. The highest BCUT2D eigenvalue weighted by atomic mass is 31.2. The molecular formula is C23H38N2O5P+. The van der Waals surface area contributed by atoms with Gasteiger partial charge in [-0.3, -0.25) is 4.57 Å². The van der Waals surface area contributed by atoms with Gasteiger partial charge in [0.1, 0.15) is 6.04 Å². The Kier molecular flexibility index (Phi) is 9.89. The second-order valence-electron chi connectivity index (χ2n) is 8.88. The van der Waals surface area contributed by atoms with Gasteiger partial charge in [-0.15, -0.1) is 0 Å². The van der Waals surface area contributed by atoms with Crippen molar-refractivity contribution in [2.24, 2.45) is 11.7 Å². The molecule has 4 atom stereocenters. The normalized spacial score (nSPS) is 23.9. The van der Waals surface area contributed by atoms with Crippen LogP contribution in [0.2, 0.25) is 0 Å². The lowest BCUT2D eigenvalue weighted by Crippen LogP contribution is -2.60. The second kappa shape index (κ2) is 11.9. The highest BCUT2D eigenvalue weighted by molar-refractivity contribution is 7.58. The molecule has 2 rings (SSSR count). The number of quaternary nitrogens is 1. The first-order chi connectivity index (χ1) is 14.7. The second-order valence-corrected chi connectivity index (χ2v) is 11.4. The van der Waals surface area contributed by atoms with E-state index in [1.165, 1.54) is 5.56 Å². The van der Waals surface area contributed by atoms with E-state index in [1.807, 2.05) is 30.3 Å². The summed E-state index contributed by atoms with van der Waals surface area (Å²) in [6.07, 6.45) is 4.22. The SMILES string of the molecule is C[C@@H]1CCC[N+]1(C(=O)O)C(=O)C(CCCCN)CP(=O)(O)CCCCc1ccccc1. The minimum atomic E-state index is -3.55. The molecule has 0 aliphatic carbocycles. The summed E-state index contributed by atoms with van der Waals surface area (Å²) in [6, 6.07) is 9.68. The number of hydrogen-bond acceptors (Lipinski definition) is 4. The highest BCUT2D eigenvalue weighted by Gasteiger charge is 2.55. The average molecular weight is 454 g/mol. The largest absolute Gasteiger partial charge is 0.521 e. The lowest BCUT2D eigenvalue weighted by molar-refractivity contribution is -0.794. The van der Waals surface area contributed by atoms with Crippen LogP contribution in [-0.2, 0) is 15.8 Å². The Balaban J connectivity index is 2.03. The minimum absolute atomic E-state index is 0.137. The number of benzene rings is 1. The van der Waals surface area contributed by atoms with Gasteiger partial charge in [0.15, 0.2) is 0 Å². The Morgan fingerprint density at radius 1 is 1.19 bits per heavy atom. The summed E-state index contributed by atoms with van der Waals surface area (Å²) in [6.45, 7) is 2.53. The molecule has 1 fully saturated rings. The molecule has 4 N–H and O–H groups in total. The summed E-state index contributed by atoms with van der Waals surface area (Å²) >= 11 is 0. The first-order valence-corrected chi connectivity index (χ1v) is 13.5. The maximum absolute atomic E-state index is 13.4. The Morgan fingerprint density at radius 2 is 1.90 bits per heavy atom. The van der Waals surface area contributed by atoms with E-state index in [2.05, 4.69) is 0 Å². The maximum atomic E-state index is 13.4. The molecule has 3 unspecified atom stereocenters. The summed E-state index contributed by atoms with van der Waals surface area (Å²) in [5, 5.41) is 9.90. The molecule has 7 nitrogen and oxygen atoms in total. The van der Waals surface area contributed by atoms with Crippen LogP contribution in [0.5, 0.6) is 0 Å². The topological polar surface area (TPSA) is 118 Å². The van der Waals surface area contributed by atoms with Crippen LogP contribution in [0.4, 0.5) is 4.79 Å². The van der Waals surface area contributed by atoms with Gasteiger partial charge in [0.25, 0.3) is 0 Å². The first-order valence-electron chi connectivity index (χ1n) is 11.4. The van der Waals surface area contributed by atoms with Gasteiger partial charge in [0.05, 0.1) is 12.5 Å². The van der Waals surface area contributed by atoms with Crippen molar-refractivity contribution in [2.75, 3.05) is 25.4 Å². The predicted molar refractivity (Wildman–Crippen MR) is 122 cm³/mol. The average Bonchev–Trinajstić information content (AvgIpc) is 3.13. The van der Waals surface area contributed by atoms with Gasteiger partial charge in [0, 0.05) is 25.2 Å². The molecule has 1 aliphatic rings. The van der Waals surface area contributed by atoms with Crippen LogP contribution in [-0.4, -0.2) is 57.9 Å². The van der Waals surface area contributed by atoms with Crippen molar-refractivity contribution in [1.82, 2.24) is 0 Å². The summed E-state index contributed by atoms with van der Waals surface area (Å²) in [7, 11) is -3.55. The van der Waals surface area contributed by atoms with Gasteiger partial charge >= 0.3 is 12.0 Å². The number of likely N-dealkylation sites (tertiary alicyclic amines) is 1. The number of rotatable bonds is 12. The Hall–Kier alpha value is -1.53. The summed E-state index contributed by atoms with van der Waals surface area (Å²) in [5.41, 5.74) is 6.77. The predicted octanol–water partition coefficient (Wildman–Crippen LogP) is 4.23. The van der Waals surface area contributed by atoms with Gasteiger partial charge in [-0.2, -0.15) is 9.28 Å². The van der Waals surface area contributed by atoms with E-state index in [4.69, 9.17) is 5.73 Å². The van der Waals surface area contributed by atoms with Crippen molar-refractivity contribution < 1.29 is 28.6 Å². The number of hydrogen-bond donors (Lipinski definition) is 3. The molecule has 1 aromatic rings. The third kappa shape index (κ3) is 6.98. The van der Waals surface area contributed by atoms with E-state index in [1.54, 1.807) is 6.92 Å². The zero-order valence-corrected chi connectivity index (χ0v) is 19.5. The molecule has 174 valence electrons. The number of unbranched alkanes of at least 4 members (excludes halogenated alkanes) is 2. The number of amides is 2. The fourth-order valence-corrected chi connectivity index (χ4v) is 6.63. The number of aryl methyl sites for hydroxylation is 1. The number of imide groups is 1. The molecule has 0 bridgehead atoms. The van der Waals surface area contributed by atoms with Crippen LogP contribution < -0.4 is 5.73 Å². The molecule has 1 aromatic carbocycles. The van der Waals surface area contributed by atoms with Gasteiger partial charge in [-0.1, -0.05) is 36.8 Å². The Morgan fingerprint density at radius 3 is 2.48 bits per heavy atom. The lowest BCUT2D eigenvalue weighted by atomic mass is 10.0. The van der Waals surface area contributed by atoms with Crippen LogP contribution >= 0.6 is 7.37 Å². The molecule has 1 heterocycles. The van der Waals surface area contributed by atoms with Crippen molar-refractivity contribution >= 4 is 19.4 Å². The van der Waals surface area contributed by atoms with Crippen LogP contribution in [0, 0.1) is 5.92 Å². The van der Waals surface area contributed by atoms with E-state index in [9.17, 15) is 24.2 Å². The molecule has 1 saturated heterocycles. The monoisotopic (exact) mass is 453 g/mol. The van der Waals surface area contributed by atoms with Gasteiger partial charge < -0.3 is 15.7 Å². The minimum Gasteiger partial charge on any atom is -0.435 e. The van der Waals surface area contributed by atoms with E-state index in [0.29, 0.717) is 45.1 Å². The third-order valence-electron chi connectivity index (χ3n) is 6.55. The van der Waals surface area contributed by atoms with E-state index < -0.39 is 29.8 Å². The number of carbonyl (C=O) groups excluding carboxylic acids is 1. The molecule has 1 aliphatic heterocycles. The number of carbonyl (C=O) groups is 2. The van der Waals surface area contributed by atoms with Crippen LogP contribution in [0.1, 0.15) is 57.4 Å². The number of nitrogens with zero attached hydrogens (tertiary/aromatic N) is 1. The quantitative estimate of drug-likeness (QED) is 0.248. The molecule has 2 amide bonds. The maximum Gasteiger partial charge on any atom is 0.521 e. The van der Waals surface area contributed by atoms with E-state index in [0.717, 1.165) is 12.8 Å². The Labute approximate surface area is 185 Å². The summed E-state index contributed by atoms with van der Waals surface area (Å²) < 4.78 is 12.4.